The summed E-state index contributed by atoms with van der Waals surface area (Å²) in [6.45, 7) is 0. The minimum atomic E-state index is -0.279. The average molecular weight is 360 g/mol. The predicted octanol–water partition coefficient (Wildman–Crippen LogP) is 2.67. The number of anilines is 2. The number of nitrogens with one attached hydrogen (secondary N) is 2. The average Bonchev–Trinajstić information content (AvgIpc) is 2.63. The summed E-state index contributed by atoms with van der Waals surface area (Å²) in [4.78, 5) is 24.8. The van der Waals surface area contributed by atoms with Gasteiger partial charge in [0.1, 0.15) is 0 Å². The molecular weight excluding hydrogens is 332 g/mol. The molecular formula is C20H28N2O4. The van der Waals surface area contributed by atoms with E-state index in [1.54, 1.807) is 12.1 Å². The lowest BCUT2D eigenvalue weighted by Gasteiger charge is -2.25. The van der Waals surface area contributed by atoms with E-state index in [4.69, 9.17) is 0 Å². The zero-order valence-electron chi connectivity index (χ0n) is 15.0. The number of benzene rings is 1. The van der Waals surface area contributed by atoms with E-state index in [2.05, 4.69) is 10.6 Å². The van der Waals surface area contributed by atoms with Crippen LogP contribution in [-0.4, -0.2) is 34.2 Å². The maximum absolute atomic E-state index is 12.4. The van der Waals surface area contributed by atoms with Gasteiger partial charge in [-0.25, -0.2) is 0 Å². The molecule has 1 aromatic carbocycles. The third-order valence-corrected chi connectivity index (χ3v) is 5.53. The second-order valence-corrected chi connectivity index (χ2v) is 7.57. The number of aliphatic hydroxyl groups excluding tert-OH is 2. The van der Waals surface area contributed by atoms with Crippen LogP contribution < -0.4 is 10.6 Å². The number of hydrogen-bond donors (Lipinski definition) is 4. The molecule has 0 radical (unpaired) electrons. The van der Waals surface area contributed by atoms with E-state index >= 15 is 0 Å². The Morgan fingerprint density at radius 1 is 0.731 bits per heavy atom. The first-order valence-corrected chi connectivity index (χ1v) is 9.59. The molecule has 2 saturated carbocycles. The van der Waals surface area contributed by atoms with Crippen molar-refractivity contribution in [3.05, 3.63) is 24.3 Å². The SMILES string of the molecule is O=C(Nc1cccc(NC(=O)C2CCC(O)CC2)c1)C1CCC(O)CC1. The third-order valence-electron chi connectivity index (χ3n) is 5.53. The fourth-order valence-corrected chi connectivity index (χ4v) is 3.84. The molecule has 0 heterocycles. The molecule has 0 unspecified atom stereocenters. The number of hydrogen-bond acceptors (Lipinski definition) is 4. The molecule has 0 aliphatic heterocycles. The van der Waals surface area contributed by atoms with Crippen molar-refractivity contribution in [3.63, 3.8) is 0 Å². The van der Waals surface area contributed by atoms with Gasteiger partial charge in [-0.05, 0) is 69.6 Å². The highest BCUT2D eigenvalue weighted by atomic mass is 16.3. The van der Waals surface area contributed by atoms with Crippen LogP contribution in [0.3, 0.4) is 0 Å². The van der Waals surface area contributed by atoms with Crippen LogP contribution in [0.2, 0.25) is 0 Å². The van der Waals surface area contributed by atoms with Crippen molar-refractivity contribution in [2.24, 2.45) is 11.8 Å². The summed E-state index contributed by atoms with van der Waals surface area (Å²) >= 11 is 0. The van der Waals surface area contributed by atoms with E-state index in [9.17, 15) is 19.8 Å². The minimum Gasteiger partial charge on any atom is -0.393 e. The summed E-state index contributed by atoms with van der Waals surface area (Å²) in [5, 5.41) is 25.0. The Labute approximate surface area is 154 Å². The van der Waals surface area contributed by atoms with Crippen molar-refractivity contribution in [1.29, 1.82) is 0 Å². The molecule has 2 fully saturated rings. The molecule has 2 amide bonds. The first-order chi connectivity index (χ1) is 12.5. The van der Waals surface area contributed by atoms with Gasteiger partial charge < -0.3 is 20.8 Å². The van der Waals surface area contributed by atoms with Crippen LogP contribution in [0.5, 0.6) is 0 Å². The van der Waals surface area contributed by atoms with Crippen molar-refractivity contribution in [2.75, 3.05) is 10.6 Å². The quantitative estimate of drug-likeness (QED) is 0.663. The van der Waals surface area contributed by atoms with Gasteiger partial charge in [-0.3, -0.25) is 9.59 Å². The van der Waals surface area contributed by atoms with Crippen molar-refractivity contribution in [3.8, 4) is 0 Å². The van der Waals surface area contributed by atoms with E-state index in [1.165, 1.54) is 0 Å². The first-order valence-electron chi connectivity index (χ1n) is 9.59. The molecule has 26 heavy (non-hydrogen) atoms. The van der Waals surface area contributed by atoms with Gasteiger partial charge in [0.05, 0.1) is 12.2 Å². The van der Waals surface area contributed by atoms with Crippen molar-refractivity contribution in [1.82, 2.24) is 0 Å². The molecule has 2 aliphatic carbocycles. The first kappa shape index (κ1) is 18.9. The van der Waals surface area contributed by atoms with Gasteiger partial charge in [-0.1, -0.05) is 6.07 Å². The molecule has 0 saturated heterocycles. The van der Waals surface area contributed by atoms with Crippen LogP contribution in [0.15, 0.2) is 24.3 Å². The lowest BCUT2D eigenvalue weighted by atomic mass is 9.87. The highest BCUT2D eigenvalue weighted by molar-refractivity contribution is 5.95. The fraction of sp³-hybridized carbons (Fsp3) is 0.600. The molecule has 2 aliphatic rings. The summed E-state index contributed by atoms with van der Waals surface area (Å²) < 4.78 is 0. The number of carbonyl (C=O) groups is 2. The summed E-state index contributed by atoms with van der Waals surface area (Å²) in [6.07, 6.45) is 4.95. The molecule has 3 rings (SSSR count). The van der Waals surface area contributed by atoms with Gasteiger partial charge in [0, 0.05) is 23.2 Å². The van der Waals surface area contributed by atoms with Gasteiger partial charge >= 0.3 is 0 Å². The maximum Gasteiger partial charge on any atom is 0.227 e. The largest absolute Gasteiger partial charge is 0.393 e. The molecule has 0 atom stereocenters. The van der Waals surface area contributed by atoms with Gasteiger partial charge in [-0.2, -0.15) is 0 Å². The monoisotopic (exact) mass is 360 g/mol. The summed E-state index contributed by atoms with van der Waals surface area (Å²) in [5.74, 6) is -0.182. The Kier molecular flexibility index (Phi) is 6.27. The van der Waals surface area contributed by atoms with Crippen LogP contribution in [0.25, 0.3) is 0 Å². The van der Waals surface area contributed by atoms with Gasteiger partial charge in [0.15, 0.2) is 0 Å². The Balaban J connectivity index is 1.54. The van der Waals surface area contributed by atoms with E-state index < -0.39 is 0 Å². The Hall–Kier alpha value is -1.92. The highest BCUT2D eigenvalue weighted by Crippen LogP contribution is 2.27. The Morgan fingerprint density at radius 2 is 1.12 bits per heavy atom. The molecule has 142 valence electrons. The molecule has 1 aromatic rings. The van der Waals surface area contributed by atoms with Crippen LogP contribution >= 0.6 is 0 Å². The van der Waals surface area contributed by atoms with Crippen LogP contribution in [-0.2, 0) is 9.59 Å². The van der Waals surface area contributed by atoms with E-state index in [-0.39, 0.29) is 35.9 Å². The predicted molar refractivity (Wildman–Crippen MR) is 99.6 cm³/mol. The van der Waals surface area contributed by atoms with E-state index in [0.29, 0.717) is 62.7 Å². The fourth-order valence-electron chi connectivity index (χ4n) is 3.84. The van der Waals surface area contributed by atoms with Crippen molar-refractivity contribution >= 4 is 23.2 Å². The molecule has 6 nitrogen and oxygen atoms in total. The summed E-state index contributed by atoms with van der Waals surface area (Å²) in [7, 11) is 0. The Morgan fingerprint density at radius 3 is 1.50 bits per heavy atom. The van der Waals surface area contributed by atoms with Gasteiger partial charge in [0.25, 0.3) is 0 Å². The van der Waals surface area contributed by atoms with Crippen molar-refractivity contribution in [2.45, 2.75) is 63.6 Å². The zero-order chi connectivity index (χ0) is 18.5. The molecule has 0 spiro atoms. The lowest BCUT2D eigenvalue weighted by molar-refractivity contribution is -0.122. The maximum atomic E-state index is 12.4. The summed E-state index contributed by atoms with van der Waals surface area (Å²) in [6, 6.07) is 7.19. The second-order valence-electron chi connectivity index (χ2n) is 7.57. The van der Waals surface area contributed by atoms with Gasteiger partial charge in [-0.15, -0.1) is 0 Å². The lowest BCUT2D eigenvalue weighted by Crippen LogP contribution is -2.29. The second kappa shape index (κ2) is 8.64. The topological polar surface area (TPSA) is 98.7 Å². The van der Waals surface area contributed by atoms with Crippen LogP contribution in [0.4, 0.5) is 11.4 Å². The number of aliphatic hydroxyl groups is 2. The van der Waals surface area contributed by atoms with E-state index in [1.807, 2.05) is 12.1 Å². The third kappa shape index (κ3) is 5.05. The van der Waals surface area contributed by atoms with Crippen molar-refractivity contribution < 1.29 is 19.8 Å². The van der Waals surface area contributed by atoms with Gasteiger partial charge in [0.2, 0.25) is 11.8 Å². The highest BCUT2D eigenvalue weighted by Gasteiger charge is 2.26. The normalized spacial score (nSPS) is 29.0. The number of amides is 2. The smallest absolute Gasteiger partial charge is 0.227 e. The zero-order valence-corrected chi connectivity index (χ0v) is 15.0. The molecule has 4 N–H and O–H groups in total. The number of rotatable bonds is 4. The molecule has 0 bridgehead atoms. The Bertz CT molecular complexity index is 581. The minimum absolute atomic E-state index is 0.0263. The molecule has 6 heteroatoms. The number of carbonyl (C=O) groups excluding carboxylic acids is 2. The summed E-state index contributed by atoms with van der Waals surface area (Å²) in [5.41, 5.74) is 1.33. The standard InChI is InChI=1S/C20H28N2O4/c23-17-8-4-13(5-9-17)19(25)21-15-2-1-3-16(12-15)22-20(26)14-6-10-18(24)11-7-14/h1-3,12-14,17-18,23-24H,4-11H2,(H,21,25)(H,22,26). The van der Waals surface area contributed by atoms with Crippen LogP contribution in [0.1, 0.15) is 51.4 Å². The molecule has 0 aromatic heterocycles. The van der Waals surface area contributed by atoms with Crippen LogP contribution in [0, 0.1) is 11.8 Å². The van der Waals surface area contributed by atoms with E-state index in [0.717, 1.165) is 0 Å².